The number of carbonyl (C=O) groups is 1. The van der Waals surface area contributed by atoms with E-state index in [4.69, 9.17) is 4.74 Å². The van der Waals surface area contributed by atoms with E-state index in [0.29, 0.717) is 18.7 Å². The number of rotatable bonds is 5. The quantitative estimate of drug-likeness (QED) is 0.872. The normalized spacial score (nSPS) is 17.5. The third kappa shape index (κ3) is 3.80. The van der Waals surface area contributed by atoms with E-state index in [1.54, 1.807) is 26.2 Å². The van der Waals surface area contributed by atoms with E-state index in [1.807, 2.05) is 0 Å². The molecule has 4 nitrogen and oxygen atoms in total. The van der Waals surface area contributed by atoms with Gasteiger partial charge in [0, 0.05) is 19.1 Å². The molecule has 0 saturated carbocycles. The van der Waals surface area contributed by atoms with Crippen LogP contribution >= 0.6 is 0 Å². The fourth-order valence-corrected chi connectivity index (χ4v) is 2.82. The standard InChI is InChI=1S/C16H23FN2O2/c1-12-4-3-5-13(14(12)17)15(20)19-10-16(11-21-2)6-8-18-9-7-16/h3-5,18H,6-11H2,1-2H3,(H,19,20). The number of benzene rings is 1. The van der Waals surface area contributed by atoms with Gasteiger partial charge >= 0.3 is 0 Å². The molecular formula is C16H23FN2O2. The summed E-state index contributed by atoms with van der Waals surface area (Å²) in [6.45, 7) is 4.60. The van der Waals surface area contributed by atoms with E-state index >= 15 is 0 Å². The average molecular weight is 294 g/mol. The number of nitrogens with one attached hydrogen (secondary N) is 2. The summed E-state index contributed by atoms with van der Waals surface area (Å²) in [4.78, 5) is 12.2. The predicted octanol–water partition coefficient (Wildman–Crippen LogP) is 1.88. The van der Waals surface area contributed by atoms with Crippen molar-refractivity contribution in [2.45, 2.75) is 19.8 Å². The second-order valence-corrected chi connectivity index (χ2v) is 5.80. The van der Waals surface area contributed by atoms with Crippen LogP contribution in [0.25, 0.3) is 0 Å². The molecule has 1 aliphatic heterocycles. The van der Waals surface area contributed by atoms with Crippen LogP contribution in [0.4, 0.5) is 4.39 Å². The molecule has 0 atom stereocenters. The summed E-state index contributed by atoms with van der Waals surface area (Å²) in [6.07, 6.45) is 1.88. The molecule has 0 aliphatic carbocycles. The van der Waals surface area contributed by atoms with Gasteiger partial charge < -0.3 is 15.4 Å². The van der Waals surface area contributed by atoms with Gasteiger partial charge in [0.05, 0.1) is 12.2 Å². The predicted molar refractivity (Wildman–Crippen MR) is 79.9 cm³/mol. The minimum atomic E-state index is -0.443. The number of hydrogen-bond donors (Lipinski definition) is 2. The van der Waals surface area contributed by atoms with Crippen LogP contribution in [0.15, 0.2) is 18.2 Å². The van der Waals surface area contributed by atoms with Crippen molar-refractivity contribution < 1.29 is 13.9 Å². The second kappa shape index (κ2) is 7.00. The number of halogens is 1. The first-order valence-corrected chi connectivity index (χ1v) is 7.31. The topological polar surface area (TPSA) is 50.4 Å². The Labute approximate surface area is 125 Å². The highest BCUT2D eigenvalue weighted by molar-refractivity contribution is 5.94. The Kier molecular flexibility index (Phi) is 5.31. The van der Waals surface area contributed by atoms with Crippen LogP contribution in [-0.2, 0) is 4.74 Å². The van der Waals surface area contributed by atoms with Gasteiger partial charge in [-0.25, -0.2) is 4.39 Å². The number of methoxy groups -OCH3 is 1. The smallest absolute Gasteiger partial charge is 0.254 e. The average Bonchev–Trinajstić information content (AvgIpc) is 2.49. The van der Waals surface area contributed by atoms with Crippen LogP contribution in [0.5, 0.6) is 0 Å². The summed E-state index contributed by atoms with van der Waals surface area (Å²) in [6, 6.07) is 4.87. The lowest BCUT2D eigenvalue weighted by Gasteiger charge is -2.37. The highest BCUT2D eigenvalue weighted by atomic mass is 19.1. The molecule has 2 N–H and O–H groups in total. The summed E-state index contributed by atoms with van der Waals surface area (Å²) in [5, 5.41) is 6.18. The second-order valence-electron chi connectivity index (χ2n) is 5.80. The molecule has 1 amide bonds. The first-order chi connectivity index (χ1) is 10.1. The molecule has 0 unspecified atom stereocenters. The van der Waals surface area contributed by atoms with Crippen LogP contribution in [0.2, 0.25) is 0 Å². The van der Waals surface area contributed by atoms with Crippen molar-refractivity contribution in [3.05, 3.63) is 35.1 Å². The molecule has 0 aromatic heterocycles. The van der Waals surface area contributed by atoms with E-state index < -0.39 is 5.82 Å². The first kappa shape index (κ1) is 15.9. The van der Waals surface area contributed by atoms with Crippen molar-refractivity contribution in [1.29, 1.82) is 0 Å². The van der Waals surface area contributed by atoms with E-state index in [-0.39, 0.29) is 16.9 Å². The van der Waals surface area contributed by atoms with Crippen LogP contribution in [0, 0.1) is 18.2 Å². The van der Waals surface area contributed by atoms with E-state index in [2.05, 4.69) is 10.6 Å². The first-order valence-electron chi connectivity index (χ1n) is 7.31. The third-order valence-corrected chi connectivity index (χ3v) is 4.18. The SMILES string of the molecule is COCC1(CNC(=O)c2cccc(C)c2F)CCNCC1. The van der Waals surface area contributed by atoms with Crippen LogP contribution in [0.1, 0.15) is 28.8 Å². The molecule has 5 heteroatoms. The number of piperidine rings is 1. The molecule has 21 heavy (non-hydrogen) atoms. The Hall–Kier alpha value is -1.46. The van der Waals surface area contributed by atoms with Gasteiger partial charge in [-0.1, -0.05) is 12.1 Å². The molecule has 0 spiro atoms. The van der Waals surface area contributed by atoms with E-state index in [0.717, 1.165) is 25.9 Å². The van der Waals surface area contributed by atoms with Crippen molar-refractivity contribution >= 4 is 5.91 Å². The van der Waals surface area contributed by atoms with Crippen molar-refractivity contribution in [3.8, 4) is 0 Å². The maximum absolute atomic E-state index is 14.0. The summed E-state index contributed by atoms with van der Waals surface area (Å²) in [7, 11) is 1.67. The molecule has 0 radical (unpaired) electrons. The van der Waals surface area contributed by atoms with Gasteiger partial charge in [0.1, 0.15) is 5.82 Å². The Morgan fingerprint density at radius 3 is 2.81 bits per heavy atom. The molecule has 0 bridgehead atoms. The van der Waals surface area contributed by atoms with Gasteiger partial charge in [-0.15, -0.1) is 0 Å². The van der Waals surface area contributed by atoms with Crippen LogP contribution < -0.4 is 10.6 Å². The maximum atomic E-state index is 14.0. The largest absolute Gasteiger partial charge is 0.384 e. The third-order valence-electron chi connectivity index (χ3n) is 4.18. The van der Waals surface area contributed by atoms with E-state index in [1.165, 1.54) is 6.07 Å². The van der Waals surface area contributed by atoms with Gasteiger partial charge in [-0.2, -0.15) is 0 Å². The van der Waals surface area contributed by atoms with Crippen molar-refractivity contribution in [2.24, 2.45) is 5.41 Å². The highest BCUT2D eigenvalue weighted by Gasteiger charge is 2.32. The molecular weight excluding hydrogens is 271 g/mol. The molecule has 2 rings (SSSR count). The highest BCUT2D eigenvalue weighted by Crippen LogP contribution is 2.28. The summed E-state index contributed by atoms with van der Waals surface area (Å²) in [5.74, 6) is -0.800. The van der Waals surface area contributed by atoms with Gasteiger partial charge in [-0.3, -0.25) is 4.79 Å². The lowest BCUT2D eigenvalue weighted by molar-refractivity contribution is 0.0511. The van der Waals surface area contributed by atoms with Gasteiger partial charge in [0.15, 0.2) is 0 Å². The Bertz CT molecular complexity index is 494. The maximum Gasteiger partial charge on any atom is 0.254 e. The molecule has 1 heterocycles. The lowest BCUT2D eigenvalue weighted by Crippen LogP contribution is -2.47. The number of ether oxygens (including phenoxy) is 1. The lowest BCUT2D eigenvalue weighted by atomic mass is 9.79. The molecule has 1 aliphatic rings. The number of amides is 1. The zero-order valence-electron chi connectivity index (χ0n) is 12.7. The summed E-state index contributed by atoms with van der Waals surface area (Å²) >= 11 is 0. The number of aryl methyl sites for hydroxylation is 1. The number of hydrogen-bond acceptors (Lipinski definition) is 3. The van der Waals surface area contributed by atoms with E-state index in [9.17, 15) is 9.18 Å². The molecule has 1 aromatic rings. The van der Waals surface area contributed by atoms with Crippen molar-refractivity contribution in [3.63, 3.8) is 0 Å². The van der Waals surface area contributed by atoms with Crippen LogP contribution in [-0.4, -0.2) is 39.3 Å². The summed E-state index contributed by atoms with van der Waals surface area (Å²) in [5.41, 5.74) is 0.531. The fraction of sp³-hybridized carbons (Fsp3) is 0.562. The Morgan fingerprint density at radius 1 is 1.43 bits per heavy atom. The molecule has 1 aromatic carbocycles. The minimum absolute atomic E-state index is 0.0596. The van der Waals surface area contributed by atoms with Crippen LogP contribution in [0.3, 0.4) is 0 Å². The molecule has 1 fully saturated rings. The van der Waals surface area contributed by atoms with Crippen molar-refractivity contribution in [1.82, 2.24) is 10.6 Å². The Morgan fingerprint density at radius 2 is 2.14 bits per heavy atom. The zero-order chi connectivity index (χ0) is 15.3. The van der Waals surface area contributed by atoms with Gasteiger partial charge in [-0.05, 0) is 44.5 Å². The minimum Gasteiger partial charge on any atom is -0.384 e. The number of carbonyl (C=O) groups excluding carboxylic acids is 1. The summed E-state index contributed by atoms with van der Waals surface area (Å²) < 4.78 is 19.3. The molecule has 1 saturated heterocycles. The monoisotopic (exact) mass is 294 g/mol. The molecule has 116 valence electrons. The Balaban J connectivity index is 2.03. The zero-order valence-corrected chi connectivity index (χ0v) is 12.7. The fourth-order valence-electron chi connectivity index (χ4n) is 2.82. The van der Waals surface area contributed by atoms with Crippen molar-refractivity contribution in [2.75, 3.05) is 33.4 Å². The van der Waals surface area contributed by atoms with Gasteiger partial charge in [0.2, 0.25) is 0 Å². The van der Waals surface area contributed by atoms with Gasteiger partial charge in [0.25, 0.3) is 5.91 Å².